The van der Waals surface area contributed by atoms with Crippen molar-refractivity contribution in [2.75, 3.05) is 5.43 Å². The lowest BCUT2D eigenvalue weighted by atomic mass is 10.1. The first-order chi connectivity index (χ1) is 9.58. The number of nitro benzene ring substituents is 1. The number of benzene rings is 2. The minimum atomic E-state index is -0.438. The fourth-order valence-corrected chi connectivity index (χ4v) is 1.89. The number of nitrogens with one attached hydrogen (secondary N) is 1. The minimum Gasteiger partial charge on any atom is -0.271 e. The molecule has 2 aromatic rings. The minimum absolute atomic E-state index is 0.000133. The summed E-state index contributed by atoms with van der Waals surface area (Å²) >= 11 is 3.37. The summed E-state index contributed by atoms with van der Waals surface area (Å²) < 4.78 is 0.987. The van der Waals surface area contributed by atoms with Crippen LogP contribution in [0, 0.1) is 10.1 Å². The molecular weight excluding hydrogens is 322 g/mol. The summed E-state index contributed by atoms with van der Waals surface area (Å²) in [7, 11) is 0. The Morgan fingerprint density at radius 2 is 1.85 bits per heavy atom. The van der Waals surface area contributed by atoms with Crippen LogP contribution >= 0.6 is 15.9 Å². The van der Waals surface area contributed by atoms with E-state index in [1.165, 1.54) is 6.07 Å². The Morgan fingerprint density at radius 3 is 2.50 bits per heavy atom. The van der Waals surface area contributed by atoms with Gasteiger partial charge in [-0.2, -0.15) is 5.10 Å². The third-order valence-corrected chi connectivity index (χ3v) is 3.24. The van der Waals surface area contributed by atoms with E-state index in [-0.39, 0.29) is 5.69 Å². The number of nitro groups is 1. The maximum atomic E-state index is 10.9. The van der Waals surface area contributed by atoms with Gasteiger partial charge in [-0.05, 0) is 30.7 Å². The number of hydrazone groups is 1. The highest BCUT2D eigenvalue weighted by Gasteiger charge is 2.11. The van der Waals surface area contributed by atoms with Crippen LogP contribution in [0.15, 0.2) is 58.1 Å². The first-order valence-electron chi connectivity index (χ1n) is 5.87. The standard InChI is InChI=1S/C14H12BrN3O2/c1-10(11-6-8-12(15)9-7-11)16-17-13-4-2-3-5-14(13)18(19)20/h2-9,17H,1H3/b16-10+. The van der Waals surface area contributed by atoms with Crippen LogP contribution in [0.1, 0.15) is 12.5 Å². The van der Waals surface area contributed by atoms with Gasteiger partial charge in [-0.1, -0.05) is 40.2 Å². The fourth-order valence-electron chi connectivity index (χ4n) is 1.63. The molecule has 102 valence electrons. The van der Waals surface area contributed by atoms with Crippen LogP contribution in [0.4, 0.5) is 11.4 Å². The van der Waals surface area contributed by atoms with Crippen LogP contribution in [0.3, 0.4) is 0 Å². The molecule has 0 saturated carbocycles. The first-order valence-corrected chi connectivity index (χ1v) is 6.67. The third-order valence-electron chi connectivity index (χ3n) is 2.71. The predicted octanol–water partition coefficient (Wildman–Crippen LogP) is 4.19. The van der Waals surface area contributed by atoms with E-state index in [1.807, 2.05) is 31.2 Å². The molecular formula is C14H12BrN3O2. The van der Waals surface area contributed by atoms with Crippen molar-refractivity contribution in [2.45, 2.75) is 6.92 Å². The van der Waals surface area contributed by atoms with E-state index in [4.69, 9.17) is 0 Å². The molecule has 6 heteroatoms. The van der Waals surface area contributed by atoms with Crippen LogP contribution in [0.25, 0.3) is 0 Å². The zero-order valence-electron chi connectivity index (χ0n) is 10.7. The zero-order chi connectivity index (χ0) is 14.5. The van der Waals surface area contributed by atoms with Crippen molar-refractivity contribution in [2.24, 2.45) is 5.10 Å². The smallest absolute Gasteiger partial charge is 0.271 e. The summed E-state index contributed by atoms with van der Waals surface area (Å²) in [6, 6.07) is 14.1. The Labute approximate surface area is 124 Å². The van der Waals surface area contributed by atoms with E-state index < -0.39 is 4.92 Å². The summed E-state index contributed by atoms with van der Waals surface area (Å²) in [5.74, 6) is 0. The normalized spacial score (nSPS) is 11.2. The molecule has 0 atom stereocenters. The van der Waals surface area contributed by atoms with Crippen molar-refractivity contribution in [1.29, 1.82) is 0 Å². The largest absolute Gasteiger partial charge is 0.294 e. The Morgan fingerprint density at radius 1 is 1.20 bits per heavy atom. The van der Waals surface area contributed by atoms with E-state index in [1.54, 1.807) is 18.2 Å². The van der Waals surface area contributed by atoms with Crippen LogP contribution in [0.2, 0.25) is 0 Å². The van der Waals surface area contributed by atoms with E-state index in [0.717, 1.165) is 15.7 Å². The van der Waals surface area contributed by atoms with E-state index in [2.05, 4.69) is 26.5 Å². The summed E-state index contributed by atoms with van der Waals surface area (Å²) in [5, 5.41) is 15.1. The van der Waals surface area contributed by atoms with Crippen molar-refractivity contribution in [3.05, 3.63) is 68.7 Å². The van der Waals surface area contributed by atoms with Gasteiger partial charge in [-0.3, -0.25) is 15.5 Å². The van der Waals surface area contributed by atoms with Gasteiger partial charge in [-0.25, -0.2) is 0 Å². The second-order valence-electron chi connectivity index (χ2n) is 4.09. The predicted molar refractivity (Wildman–Crippen MR) is 83.1 cm³/mol. The molecule has 20 heavy (non-hydrogen) atoms. The van der Waals surface area contributed by atoms with Crippen LogP contribution in [0.5, 0.6) is 0 Å². The summed E-state index contributed by atoms with van der Waals surface area (Å²) in [4.78, 5) is 10.4. The van der Waals surface area contributed by atoms with E-state index in [9.17, 15) is 10.1 Å². The third kappa shape index (κ3) is 3.42. The molecule has 0 aromatic heterocycles. The number of rotatable bonds is 4. The van der Waals surface area contributed by atoms with E-state index >= 15 is 0 Å². The van der Waals surface area contributed by atoms with Gasteiger partial charge in [0.2, 0.25) is 0 Å². The van der Waals surface area contributed by atoms with Gasteiger partial charge in [0.05, 0.1) is 10.6 Å². The highest BCUT2D eigenvalue weighted by atomic mass is 79.9. The summed E-state index contributed by atoms with van der Waals surface area (Å²) in [6.45, 7) is 1.84. The summed E-state index contributed by atoms with van der Waals surface area (Å²) in [5.41, 5.74) is 4.80. The average Bonchev–Trinajstić information content (AvgIpc) is 2.45. The lowest BCUT2D eigenvalue weighted by molar-refractivity contribution is -0.384. The molecule has 0 bridgehead atoms. The molecule has 0 unspecified atom stereocenters. The van der Waals surface area contributed by atoms with Gasteiger partial charge in [0.25, 0.3) is 5.69 Å². The Hall–Kier alpha value is -2.21. The van der Waals surface area contributed by atoms with Crippen LogP contribution in [-0.4, -0.2) is 10.6 Å². The van der Waals surface area contributed by atoms with Gasteiger partial charge < -0.3 is 0 Å². The highest BCUT2D eigenvalue weighted by Crippen LogP contribution is 2.23. The molecule has 0 amide bonds. The van der Waals surface area contributed by atoms with Crippen molar-refractivity contribution in [1.82, 2.24) is 0 Å². The van der Waals surface area contributed by atoms with Crippen molar-refractivity contribution in [3.8, 4) is 0 Å². The van der Waals surface area contributed by atoms with Gasteiger partial charge >= 0.3 is 0 Å². The Bertz CT molecular complexity index is 654. The summed E-state index contributed by atoms with van der Waals surface area (Å²) in [6.07, 6.45) is 0. The van der Waals surface area contributed by atoms with Gasteiger partial charge in [0, 0.05) is 10.5 Å². The molecule has 0 radical (unpaired) electrons. The molecule has 2 aromatic carbocycles. The lowest BCUT2D eigenvalue weighted by Crippen LogP contribution is -2.01. The first kappa shape index (κ1) is 14.2. The molecule has 0 aliphatic carbocycles. The number of hydrogen-bond donors (Lipinski definition) is 1. The average molecular weight is 334 g/mol. The topological polar surface area (TPSA) is 67.5 Å². The number of nitrogens with zero attached hydrogens (tertiary/aromatic N) is 2. The number of hydrogen-bond acceptors (Lipinski definition) is 4. The molecule has 0 spiro atoms. The second kappa shape index (κ2) is 6.29. The number of anilines is 1. The van der Waals surface area contributed by atoms with Gasteiger partial charge in [-0.15, -0.1) is 0 Å². The molecule has 0 saturated heterocycles. The van der Waals surface area contributed by atoms with Crippen molar-refractivity contribution >= 4 is 33.0 Å². The van der Waals surface area contributed by atoms with Crippen LogP contribution < -0.4 is 5.43 Å². The number of halogens is 1. The molecule has 0 aliphatic rings. The van der Waals surface area contributed by atoms with Gasteiger partial charge in [0.1, 0.15) is 5.69 Å². The lowest BCUT2D eigenvalue weighted by Gasteiger charge is -2.04. The molecule has 0 fully saturated rings. The van der Waals surface area contributed by atoms with Crippen LogP contribution in [-0.2, 0) is 0 Å². The highest BCUT2D eigenvalue weighted by molar-refractivity contribution is 9.10. The zero-order valence-corrected chi connectivity index (χ0v) is 12.3. The van der Waals surface area contributed by atoms with Crippen molar-refractivity contribution < 1.29 is 4.92 Å². The number of para-hydroxylation sites is 2. The fraction of sp³-hybridized carbons (Fsp3) is 0.0714. The quantitative estimate of drug-likeness (QED) is 0.518. The Balaban J connectivity index is 2.21. The van der Waals surface area contributed by atoms with E-state index in [0.29, 0.717) is 5.69 Å². The Kier molecular flexibility index (Phi) is 4.47. The maximum Gasteiger partial charge on any atom is 0.294 e. The molecule has 0 aliphatic heterocycles. The second-order valence-corrected chi connectivity index (χ2v) is 5.01. The molecule has 5 nitrogen and oxygen atoms in total. The molecule has 1 N–H and O–H groups in total. The maximum absolute atomic E-state index is 10.9. The molecule has 0 heterocycles. The van der Waals surface area contributed by atoms with Crippen molar-refractivity contribution in [3.63, 3.8) is 0 Å². The monoisotopic (exact) mass is 333 g/mol. The van der Waals surface area contributed by atoms with Gasteiger partial charge in [0.15, 0.2) is 0 Å². The SMILES string of the molecule is C/C(=N\Nc1ccccc1[N+](=O)[O-])c1ccc(Br)cc1. The molecule has 2 rings (SSSR count).